The highest BCUT2D eigenvalue weighted by atomic mass is 16.5. The average Bonchev–Trinajstić information content (AvgIpc) is 2.13. The molecule has 3 heteroatoms. The molecule has 1 aliphatic rings. The second-order valence-corrected chi connectivity index (χ2v) is 2.06. The molecule has 0 spiro atoms. The van der Waals surface area contributed by atoms with Crippen LogP contribution in [0.4, 0.5) is 0 Å². The molecule has 10 heavy (non-hydrogen) atoms. The van der Waals surface area contributed by atoms with Gasteiger partial charge in [-0.25, -0.2) is 4.99 Å². The second-order valence-electron chi connectivity index (χ2n) is 2.06. The molecule has 0 saturated carbocycles. The van der Waals surface area contributed by atoms with Gasteiger partial charge in [0, 0.05) is 18.6 Å². The maximum Gasteiger partial charge on any atom is 0.196 e. The summed E-state index contributed by atoms with van der Waals surface area (Å²) in [6, 6.07) is 0. The van der Waals surface area contributed by atoms with Crippen molar-refractivity contribution in [3.05, 3.63) is 12.4 Å². The van der Waals surface area contributed by atoms with Crippen molar-refractivity contribution in [2.24, 2.45) is 15.9 Å². The fourth-order valence-electron chi connectivity index (χ4n) is 0.744. The first-order chi connectivity index (χ1) is 4.84. The summed E-state index contributed by atoms with van der Waals surface area (Å²) in [5.74, 6) is 0.887. The van der Waals surface area contributed by atoms with Crippen molar-refractivity contribution in [1.82, 2.24) is 0 Å². The van der Waals surface area contributed by atoms with Crippen LogP contribution in [0.2, 0.25) is 0 Å². The zero-order chi connectivity index (χ0) is 7.40. The maximum absolute atomic E-state index is 4.99. The van der Waals surface area contributed by atoms with Gasteiger partial charge >= 0.3 is 0 Å². The minimum Gasteiger partial charge on any atom is -0.484 e. The van der Waals surface area contributed by atoms with Crippen LogP contribution in [0.1, 0.15) is 6.92 Å². The Morgan fingerprint density at radius 3 is 3.00 bits per heavy atom. The fourth-order valence-corrected chi connectivity index (χ4v) is 0.744. The largest absolute Gasteiger partial charge is 0.484 e. The standard InChI is InChI=1S/C7H10N2O/c1-6-5-8-3-4-9-7(6)10-2/h3-6H,1-2H3. The van der Waals surface area contributed by atoms with Crippen LogP contribution in [-0.2, 0) is 4.74 Å². The van der Waals surface area contributed by atoms with Crippen molar-refractivity contribution in [3.8, 4) is 0 Å². The number of rotatable bonds is 0. The molecule has 0 aromatic carbocycles. The zero-order valence-electron chi connectivity index (χ0n) is 6.11. The van der Waals surface area contributed by atoms with Crippen molar-refractivity contribution < 1.29 is 4.74 Å². The molecule has 0 amide bonds. The summed E-state index contributed by atoms with van der Waals surface area (Å²) in [4.78, 5) is 7.96. The van der Waals surface area contributed by atoms with Gasteiger partial charge in [0.2, 0.25) is 0 Å². The molecule has 1 rings (SSSR count). The molecule has 0 aliphatic carbocycles. The van der Waals surface area contributed by atoms with E-state index in [9.17, 15) is 0 Å². The molecule has 1 atom stereocenters. The smallest absolute Gasteiger partial charge is 0.196 e. The highest BCUT2D eigenvalue weighted by Crippen LogP contribution is 2.00. The third kappa shape index (κ3) is 1.43. The topological polar surface area (TPSA) is 34.0 Å². The second kappa shape index (κ2) is 3.15. The Bertz CT molecular complexity index is 194. The molecule has 0 N–H and O–H groups in total. The quantitative estimate of drug-likeness (QED) is 0.495. The van der Waals surface area contributed by atoms with E-state index in [1.165, 1.54) is 0 Å². The van der Waals surface area contributed by atoms with Gasteiger partial charge in [-0.05, 0) is 6.92 Å². The summed E-state index contributed by atoms with van der Waals surface area (Å²) < 4.78 is 4.99. The van der Waals surface area contributed by atoms with Crippen LogP contribution in [-0.4, -0.2) is 19.2 Å². The predicted octanol–water partition coefficient (Wildman–Crippen LogP) is 1.22. The van der Waals surface area contributed by atoms with E-state index in [0.717, 1.165) is 0 Å². The van der Waals surface area contributed by atoms with E-state index >= 15 is 0 Å². The number of hydrogen-bond acceptors (Lipinski definition) is 3. The molecule has 0 fully saturated rings. The van der Waals surface area contributed by atoms with Crippen LogP contribution in [0.5, 0.6) is 0 Å². The highest BCUT2D eigenvalue weighted by Gasteiger charge is 2.07. The predicted molar refractivity (Wildman–Crippen MR) is 41.2 cm³/mol. The summed E-state index contributed by atoms with van der Waals surface area (Å²) >= 11 is 0. The monoisotopic (exact) mass is 138 g/mol. The Balaban J connectivity index is 2.77. The lowest BCUT2D eigenvalue weighted by Crippen LogP contribution is -2.13. The first kappa shape index (κ1) is 6.99. The summed E-state index contributed by atoms with van der Waals surface area (Å²) in [7, 11) is 1.61. The molecule has 54 valence electrons. The van der Waals surface area contributed by atoms with Gasteiger partial charge in [-0.15, -0.1) is 0 Å². The van der Waals surface area contributed by atoms with Crippen LogP contribution in [0.25, 0.3) is 0 Å². The van der Waals surface area contributed by atoms with Gasteiger partial charge in [-0.2, -0.15) is 0 Å². The molecule has 0 bridgehead atoms. The molecule has 1 heterocycles. The van der Waals surface area contributed by atoms with E-state index in [0.29, 0.717) is 5.90 Å². The summed E-state index contributed by atoms with van der Waals surface area (Å²) in [5.41, 5.74) is 0. The van der Waals surface area contributed by atoms with Gasteiger partial charge in [0.05, 0.1) is 13.0 Å². The normalized spacial score (nSPS) is 23.8. The van der Waals surface area contributed by atoms with E-state index in [-0.39, 0.29) is 5.92 Å². The van der Waals surface area contributed by atoms with Crippen LogP contribution in [0, 0.1) is 5.92 Å². The first-order valence-electron chi connectivity index (χ1n) is 3.14. The molecule has 3 nitrogen and oxygen atoms in total. The van der Waals surface area contributed by atoms with E-state index in [2.05, 4.69) is 9.98 Å². The van der Waals surface area contributed by atoms with Crippen LogP contribution in [0.15, 0.2) is 22.4 Å². The van der Waals surface area contributed by atoms with Crippen molar-refractivity contribution in [2.75, 3.05) is 7.11 Å². The molecular formula is C7H10N2O. The molecular weight excluding hydrogens is 128 g/mol. The summed E-state index contributed by atoms with van der Waals surface area (Å²) in [6.45, 7) is 1.98. The van der Waals surface area contributed by atoms with Crippen molar-refractivity contribution in [1.29, 1.82) is 0 Å². The molecule has 0 radical (unpaired) electrons. The number of ether oxygens (including phenoxy) is 1. The van der Waals surface area contributed by atoms with Gasteiger partial charge < -0.3 is 4.74 Å². The lowest BCUT2D eigenvalue weighted by molar-refractivity contribution is 0.385. The Morgan fingerprint density at radius 1 is 1.50 bits per heavy atom. The first-order valence-corrected chi connectivity index (χ1v) is 3.14. The fraction of sp³-hybridized carbons (Fsp3) is 0.429. The van der Waals surface area contributed by atoms with E-state index in [1.807, 2.05) is 6.92 Å². The van der Waals surface area contributed by atoms with Gasteiger partial charge in [-0.3, -0.25) is 4.99 Å². The van der Waals surface area contributed by atoms with E-state index in [4.69, 9.17) is 4.74 Å². The average molecular weight is 138 g/mol. The van der Waals surface area contributed by atoms with Gasteiger partial charge in [0.25, 0.3) is 0 Å². The molecule has 0 aromatic heterocycles. The Labute approximate surface area is 60.1 Å². The van der Waals surface area contributed by atoms with Crippen molar-refractivity contribution >= 4 is 12.1 Å². The molecule has 0 saturated heterocycles. The Hall–Kier alpha value is -1.12. The minimum absolute atomic E-state index is 0.181. The summed E-state index contributed by atoms with van der Waals surface area (Å²) in [5, 5.41) is 0. The maximum atomic E-state index is 4.99. The minimum atomic E-state index is 0.181. The Kier molecular flexibility index (Phi) is 2.20. The van der Waals surface area contributed by atoms with Gasteiger partial charge in [0.1, 0.15) is 0 Å². The summed E-state index contributed by atoms with van der Waals surface area (Å²) in [6.07, 6.45) is 5.06. The molecule has 1 aliphatic heterocycles. The van der Waals surface area contributed by atoms with Crippen molar-refractivity contribution in [2.45, 2.75) is 6.92 Å². The van der Waals surface area contributed by atoms with Crippen LogP contribution < -0.4 is 0 Å². The lowest BCUT2D eigenvalue weighted by atomic mass is 10.2. The highest BCUT2D eigenvalue weighted by molar-refractivity contribution is 5.93. The van der Waals surface area contributed by atoms with Crippen LogP contribution >= 0.6 is 0 Å². The third-order valence-electron chi connectivity index (χ3n) is 1.26. The number of nitrogens with zero attached hydrogens (tertiary/aromatic N) is 2. The third-order valence-corrected chi connectivity index (χ3v) is 1.26. The SMILES string of the molecule is COC1=NC=CN=CC1C. The number of aliphatic imine (C=N–C) groups is 2. The molecule has 0 aromatic rings. The number of hydrogen-bond donors (Lipinski definition) is 0. The van der Waals surface area contributed by atoms with E-state index < -0.39 is 0 Å². The van der Waals surface area contributed by atoms with E-state index in [1.54, 1.807) is 25.7 Å². The zero-order valence-corrected chi connectivity index (χ0v) is 6.11. The Morgan fingerprint density at radius 2 is 2.30 bits per heavy atom. The van der Waals surface area contributed by atoms with Gasteiger partial charge in [-0.1, -0.05) is 0 Å². The van der Waals surface area contributed by atoms with Gasteiger partial charge in [0.15, 0.2) is 5.90 Å². The molecule has 1 unspecified atom stereocenters. The number of methoxy groups -OCH3 is 1. The lowest BCUT2D eigenvalue weighted by Gasteiger charge is -2.04. The van der Waals surface area contributed by atoms with Crippen LogP contribution in [0.3, 0.4) is 0 Å². The van der Waals surface area contributed by atoms with Crippen molar-refractivity contribution in [3.63, 3.8) is 0 Å².